The van der Waals surface area contributed by atoms with E-state index in [2.05, 4.69) is 0 Å². The Kier molecular flexibility index (Phi) is 2.43. The number of fused-ring (bicyclic) bond motifs is 1. The Hall–Kier alpha value is -1.48. The van der Waals surface area contributed by atoms with E-state index in [4.69, 9.17) is 9.15 Å². The van der Waals surface area contributed by atoms with Gasteiger partial charge in [0, 0.05) is 5.39 Å². The van der Waals surface area contributed by atoms with Gasteiger partial charge >= 0.3 is 0 Å². The van der Waals surface area contributed by atoms with Crippen LogP contribution in [-0.4, -0.2) is 12.2 Å². The number of ether oxygens (including phenoxy) is 1. The Bertz CT molecular complexity index is 518. The number of aryl methyl sites for hydroxylation is 1. The van der Waals surface area contributed by atoms with Crippen LogP contribution >= 0.6 is 0 Å². The topological polar surface area (TPSA) is 42.6 Å². The molecule has 0 aliphatic rings. The molecule has 3 nitrogen and oxygen atoms in total. The lowest BCUT2D eigenvalue weighted by Crippen LogP contribution is -2.15. The summed E-state index contributed by atoms with van der Waals surface area (Å²) in [4.78, 5) is 0. The van der Waals surface area contributed by atoms with Crippen LogP contribution in [-0.2, 0) is 5.60 Å². The number of hydrogen-bond donors (Lipinski definition) is 1. The summed E-state index contributed by atoms with van der Waals surface area (Å²) < 4.78 is 10.8. The molecule has 0 saturated heterocycles. The molecule has 3 heteroatoms. The average Bonchev–Trinajstić information content (AvgIpc) is 2.55. The molecule has 0 amide bonds. The van der Waals surface area contributed by atoms with E-state index in [0.717, 1.165) is 16.7 Å². The zero-order valence-corrected chi connectivity index (χ0v) is 10.00. The van der Waals surface area contributed by atoms with Crippen LogP contribution in [0.25, 0.3) is 11.0 Å². The third-order valence-corrected chi connectivity index (χ3v) is 2.65. The van der Waals surface area contributed by atoms with Gasteiger partial charge in [-0.3, -0.25) is 0 Å². The molecule has 1 aromatic heterocycles. The molecule has 1 heterocycles. The first kappa shape index (κ1) is 11.0. The molecule has 0 spiro atoms. The van der Waals surface area contributed by atoms with E-state index in [1.54, 1.807) is 21.0 Å². The van der Waals surface area contributed by atoms with Crippen molar-refractivity contribution in [1.82, 2.24) is 0 Å². The van der Waals surface area contributed by atoms with E-state index in [9.17, 15) is 5.11 Å². The van der Waals surface area contributed by atoms with Gasteiger partial charge in [-0.15, -0.1) is 0 Å². The molecule has 1 N–H and O–H groups in total. The number of hydrogen-bond acceptors (Lipinski definition) is 3. The third kappa shape index (κ3) is 1.67. The van der Waals surface area contributed by atoms with Crippen molar-refractivity contribution >= 4 is 11.0 Å². The maximum Gasteiger partial charge on any atom is 0.176 e. The molecule has 0 radical (unpaired) electrons. The second-order valence-corrected chi connectivity index (χ2v) is 4.47. The fourth-order valence-electron chi connectivity index (χ4n) is 1.92. The molecule has 2 rings (SSSR count). The van der Waals surface area contributed by atoms with Gasteiger partial charge in [0.2, 0.25) is 0 Å². The fourth-order valence-corrected chi connectivity index (χ4v) is 1.92. The second-order valence-electron chi connectivity index (χ2n) is 4.47. The third-order valence-electron chi connectivity index (χ3n) is 2.65. The van der Waals surface area contributed by atoms with Crippen LogP contribution in [0, 0.1) is 6.92 Å². The van der Waals surface area contributed by atoms with Gasteiger partial charge in [-0.2, -0.15) is 0 Å². The van der Waals surface area contributed by atoms with Crippen molar-refractivity contribution in [1.29, 1.82) is 0 Å². The Labute approximate surface area is 94.6 Å². The van der Waals surface area contributed by atoms with Gasteiger partial charge in [0.15, 0.2) is 11.3 Å². The van der Waals surface area contributed by atoms with Crippen LogP contribution < -0.4 is 4.74 Å². The number of furan rings is 1. The van der Waals surface area contributed by atoms with Crippen LogP contribution in [0.1, 0.15) is 25.2 Å². The van der Waals surface area contributed by atoms with Crippen molar-refractivity contribution in [3.8, 4) is 5.75 Å². The maximum atomic E-state index is 10.1. The summed E-state index contributed by atoms with van der Waals surface area (Å²) in [5.41, 5.74) is 0.653. The minimum Gasteiger partial charge on any atom is -0.493 e. The summed E-state index contributed by atoms with van der Waals surface area (Å²) in [7, 11) is 1.61. The molecule has 0 fully saturated rings. The summed E-state index contributed by atoms with van der Waals surface area (Å²) in [5.74, 6) is 1.50. The molecule has 0 saturated carbocycles. The van der Waals surface area contributed by atoms with Gasteiger partial charge in [-0.1, -0.05) is 6.07 Å². The number of benzene rings is 1. The number of aliphatic hydroxyl groups is 1. The molecule has 0 aliphatic carbocycles. The lowest BCUT2D eigenvalue weighted by atomic mass is 9.95. The molecule has 0 bridgehead atoms. The first-order valence-electron chi connectivity index (χ1n) is 5.23. The van der Waals surface area contributed by atoms with Gasteiger partial charge < -0.3 is 14.3 Å². The lowest BCUT2D eigenvalue weighted by Gasteiger charge is -2.19. The molecular weight excluding hydrogens is 204 g/mol. The Morgan fingerprint density at radius 3 is 2.56 bits per heavy atom. The Morgan fingerprint density at radius 1 is 1.31 bits per heavy atom. The predicted molar refractivity (Wildman–Crippen MR) is 62.7 cm³/mol. The summed E-state index contributed by atoms with van der Waals surface area (Å²) >= 11 is 0. The van der Waals surface area contributed by atoms with Crippen LogP contribution in [0.3, 0.4) is 0 Å². The molecule has 1 aromatic carbocycles. The second kappa shape index (κ2) is 3.52. The van der Waals surface area contributed by atoms with Gasteiger partial charge in [0.05, 0.1) is 12.7 Å². The van der Waals surface area contributed by atoms with E-state index in [1.807, 2.05) is 25.1 Å². The summed E-state index contributed by atoms with van der Waals surface area (Å²) in [6, 6.07) is 5.61. The number of rotatable bonds is 2. The van der Waals surface area contributed by atoms with Crippen molar-refractivity contribution in [2.75, 3.05) is 7.11 Å². The van der Waals surface area contributed by atoms with Gasteiger partial charge in [0.25, 0.3) is 0 Å². The van der Waals surface area contributed by atoms with Gasteiger partial charge in [-0.05, 0) is 38.5 Å². The molecular formula is C13H16O3. The van der Waals surface area contributed by atoms with Crippen LogP contribution in [0.4, 0.5) is 0 Å². The quantitative estimate of drug-likeness (QED) is 0.846. The standard InChI is InChI=1S/C13H16O3/c1-8-7-9-10(13(2,3)14)5-6-11(15-4)12(9)16-8/h5-7,14H,1-4H3. The molecule has 16 heavy (non-hydrogen) atoms. The van der Waals surface area contributed by atoms with Crippen LogP contribution in [0.15, 0.2) is 22.6 Å². The monoisotopic (exact) mass is 220 g/mol. The summed E-state index contributed by atoms with van der Waals surface area (Å²) in [6.07, 6.45) is 0. The highest BCUT2D eigenvalue weighted by Crippen LogP contribution is 2.35. The van der Waals surface area contributed by atoms with Crippen molar-refractivity contribution in [3.63, 3.8) is 0 Å². The lowest BCUT2D eigenvalue weighted by molar-refractivity contribution is 0.0801. The first-order valence-corrected chi connectivity index (χ1v) is 5.23. The van der Waals surface area contributed by atoms with Crippen molar-refractivity contribution in [3.05, 3.63) is 29.5 Å². The van der Waals surface area contributed by atoms with Gasteiger partial charge in [0.1, 0.15) is 5.76 Å². The van der Waals surface area contributed by atoms with Crippen molar-refractivity contribution in [2.45, 2.75) is 26.4 Å². The molecule has 86 valence electrons. The highest BCUT2D eigenvalue weighted by molar-refractivity contribution is 5.87. The highest BCUT2D eigenvalue weighted by atomic mass is 16.5. The molecule has 0 unspecified atom stereocenters. The highest BCUT2D eigenvalue weighted by Gasteiger charge is 2.22. The van der Waals surface area contributed by atoms with Crippen LogP contribution in [0.5, 0.6) is 5.75 Å². The van der Waals surface area contributed by atoms with Gasteiger partial charge in [-0.25, -0.2) is 0 Å². The predicted octanol–water partition coefficient (Wildman–Crippen LogP) is 2.98. The fraction of sp³-hybridized carbons (Fsp3) is 0.385. The minimum absolute atomic E-state index is 0.691. The van der Waals surface area contributed by atoms with E-state index < -0.39 is 5.60 Å². The largest absolute Gasteiger partial charge is 0.493 e. The van der Waals surface area contributed by atoms with Crippen molar-refractivity contribution < 1.29 is 14.3 Å². The summed E-state index contributed by atoms with van der Waals surface area (Å²) in [6.45, 7) is 5.40. The Balaban J connectivity index is 2.79. The SMILES string of the molecule is COc1ccc(C(C)(C)O)c2cc(C)oc12. The van der Waals surface area contributed by atoms with Crippen molar-refractivity contribution in [2.24, 2.45) is 0 Å². The van der Waals surface area contributed by atoms with Crippen LogP contribution in [0.2, 0.25) is 0 Å². The average molecular weight is 220 g/mol. The normalized spacial score (nSPS) is 12.1. The zero-order valence-electron chi connectivity index (χ0n) is 10.00. The first-order chi connectivity index (χ1) is 7.43. The van der Waals surface area contributed by atoms with E-state index in [0.29, 0.717) is 11.3 Å². The van der Waals surface area contributed by atoms with E-state index >= 15 is 0 Å². The number of methoxy groups -OCH3 is 1. The zero-order chi connectivity index (χ0) is 11.9. The molecule has 2 aromatic rings. The summed E-state index contributed by atoms with van der Waals surface area (Å²) in [5, 5.41) is 11.0. The molecule has 0 atom stereocenters. The van der Waals surface area contributed by atoms with E-state index in [-0.39, 0.29) is 0 Å². The molecule has 0 aliphatic heterocycles. The Morgan fingerprint density at radius 2 is 2.00 bits per heavy atom. The smallest absolute Gasteiger partial charge is 0.176 e. The minimum atomic E-state index is -0.888. The maximum absolute atomic E-state index is 10.1. The van der Waals surface area contributed by atoms with E-state index in [1.165, 1.54) is 0 Å².